The van der Waals surface area contributed by atoms with Crippen molar-refractivity contribution in [1.29, 1.82) is 0 Å². The lowest BCUT2D eigenvalue weighted by Crippen LogP contribution is -2.45. The van der Waals surface area contributed by atoms with E-state index in [4.69, 9.17) is 9.05 Å². The standard InChI is InChI=1S/C51H103N2O6P/c1-6-8-10-12-14-16-18-20-21-22-23-24-25-26-27-28-29-30-31-32-33-35-37-39-41-43-45-51(55)52-49(48-59-60(56,57)58-47-46-53(3,4)5)50(54)44-42-40-38-36-34-19-17-15-13-11-9-7-2/h42,44,49-50,54H,6-41,43,45-48H2,1-5H3,(H-,52,55,56,57)/p+1/b44-42+/t49-,50+/m0/s1. The second kappa shape index (κ2) is 43.5. The van der Waals surface area contributed by atoms with Gasteiger partial charge in [0.05, 0.1) is 39.9 Å². The monoisotopic (exact) mass is 872 g/mol. The normalized spacial score (nSPS) is 14.2. The minimum Gasteiger partial charge on any atom is -0.387 e. The molecule has 358 valence electrons. The predicted molar refractivity (Wildman–Crippen MR) is 259 cm³/mol. The maximum atomic E-state index is 12.9. The molecule has 0 heterocycles. The molecule has 0 radical (unpaired) electrons. The highest BCUT2D eigenvalue weighted by molar-refractivity contribution is 7.47. The first kappa shape index (κ1) is 59.2. The molecule has 8 nitrogen and oxygen atoms in total. The third-order valence-corrected chi connectivity index (χ3v) is 13.0. The number of nitrogens with one attached hydrogen (secondary N) is 1. The first-order chi connectivity index (χ1) is 29.0. The van der Waals surface area contributed by atoms with E-state index in [0.29, 0.717) is 17.4 Å². The van der Waals surface area contributed by atoms with Gasteiger partial charge in [-0.1, -0.05) is 244 Å². The van der Waals surface area contributed by atoms with Crippen LogP contribution in [0.15, 0.2) is 12.2 Å². The number of hydrogen-bond donors (Lipinski definition) is 3. The highest BCUT2D eigenvalue weighted by atomic mass is 31.2. The van der Waals surface area contributed by atoms with Crippen molar-refractivity contribution in [3.63, 3.8) is 0 Å². The Labute approximate surface area is 373 Å². The first-order valence-corrected chi connectivity index (χ1v) is 27.6. The number of nitrogens with zero attached hydrogens (tertiary/aromatic N) is 1. The van der Waals surface area contributed by atoms with E-state index in [2.05, 4.69) is 19.2 Å². The summed E-state index contributed by atoms with van der Waals surface area (Å²) in [5, 5.41) is 13.8. The Kier molecular flexibility index (Phi) is 42.9. The Morgan fingerprint density at radius 3 is 1.23 bits per heavy atom. The van der Waals surface area contributed by atoms with Crippen LogP contribution in [0.1, 0.15) is 258 Å². The number of carbonyl (C=O) groups excluding carboxylic acids is 1. The van der Waals surface area contributed by atoms with Gasteiger partial charge in [0.2, 0.25) is 5.91 Å². The molecule has 0 saturated carbocycles. The summed E-state index contributed by atoms with van der Waals surface area (Å²) in [6, 6.07) is -0.840. The van der Waals surface area contributed by atoms with E-state index in [9.17, 15) is 19.4 Å². The molecule has 0 aromatic carbocycles. The summed E-state index contributed by atoms with van der Waals surface area (Å²) in [4.78, 5) is 23.2. The average Bonchev–Trinajstić information content (AvgIpc) is 3.20. The molecular weight excluding hydrogens is 768 g/mol. The molecule has 0 rings (SSSR count). The zero-order valence-electron chi connectivity index (χ0n) is 40.7. The second-order valence-electron chi connectivity index (χ2n) is 19.3. The molecule has 0 aromatic heterocycles. The third kappa shape index (κ3) is 45.3. The Morgan fingerprint density at radius 2 is 0.883 bits per heavy atom. The Bertz CT molecular complexity index is 989. The van der Waals surface area contributed by atoms with Crippen LogP contribution >= 0.6 is 7.82 Å². The van der Waals surface area contributed by atoms with Crippen molar-refractivity contribution in [2.24, 2.45) is 0 Å². The van der Waals surface area contributed by atoms with E-state index in [1.54, 1.807) is 6.08 Å². The number of hydrogen-bond acceptors (Lipinski definition) is 5. The van der Waals surface area contributed by atoms with Crippen LogP contribution in [-0.4, -0.2) is 73.4 Å². The highest BCUT2D eigenvalue weighted by Gasteiger charge is 2.27. The number of aliphatic hydroxyl groups is 1. The molecule has 60 heavy (non-hydrogen) atoms. The van der Waals surface area contributed by atoms with Crippen LogP contribution in [0.3, 0.4) is 0 Å². The van der Waals surface area contributed by atoms with Gasteiger partial charge >= 0.3 is 7.82 Å². The Balaban J connectivity index is 4.10. The Morgan fingerprint density at radius 1 is 0.550 bits per heavy atom. The quantitative estimate of drug-likeness (QED) is 0.0243. The molecule has 0 saturated heterocycles. The number of likely N-dealkylation sites (N-methyl/N-ethyl adjacent to an activating group) is 1. The van der Waals surface area contributed by atoms with Gasteiger partial charge in [-0.25, -0.2) is 4.57 Å². The molecule has 1 amide bonds. The first-order valence-electron chi connectivity index (χ1n) is 26.1. The molecule has 0 aliphatic carbocycles. The van der Waals surface area contributed by atoms with Crippen molar-refractivity contribution < 1.29 is 32.9 Å². The number of allylic oxidation sites excluding steroid dienone is 1. The summed E-state index contributed by atoms with van der Waals surface area (Å²) < 4.78 is 23.6. The van der Waals surface area contributed by atoms with Gasteiger partial charge in [-0.3, -0.25) is 13.8 Å². The SMILES string of the molecule is CCCCCCCCCCCC/C=C/[C@@H](O)[C@H](COP(=O)(O)OCC[N+](C)(C)C)NC(=O)CCCCCCCCCCCCCCCCCCCCCCCCCCCC. The topological polar surface area (TPSA) is 105 Å². The highest BCUT2D eigenvalue weighted by Crippen LogP contribution is 2.43. The fourth-order valence-corrected chi connectivity index (χ4v) is 8.60. The van der Waals surface area contributed by atoms with Gasteiger partial charge in [0.1, 0.15) is 13.2 Å². The number of quaternary nitrogens is 1. The Hall–Kier alpha value is -0.760. The van der Waals surface area contributed by atoms with Gasteiger partial charge in [-0.2, -0.15) is 0 Å². The molecule has 0 fully saturated rings. The minimum absolute atomic E-state index is 0.0647. The van der Waals surface area contributed by atoms with Crippen LogP contribution in [-0.2, 0) is 18.4 Å². The van der Waals surface area contributed by atoms with Gasteiger partial charge in [-0.05, 0) is 19.3 Å². The summed E-state index contributed by atoms with van der Waals surface area (Å²) in [6.07, 6.45) is 51.6. The second-order valence-corrected chi connectivity index (χ2v) is 20.7. The zero-order valence-corrected chi connectivity index (χ0v) is 41.6. The summed E-state index contributed by atoms with van der Waals surface area (Å²) >= 11 is 0. The number of phosphoric acid groups is 1. The fourth-order valence-electron chi connectivity index (χ4n) is 7.87. The van der Waals surface area contributed by atoms with Crippen LogP contribution in [0.2, 0.25) is 0 Å². The van der Waals surface area contributed by atoms with Crippen molar-refractivity contribution in [2.75, 3.05) is 40.9 Å². The van der Waals surface area contributed by atoms with E-state index in [1.165, 1.54) is 199 Å². The van der Waals surface area contributed by atoms with Crippen molar-refractivity contribution in [1.82, 2.24) is 5.32 Å². The largest absolute Gasteiger partial charge is 0.472 e. The molecule has 3 N–H and O–H groups in total. The van der Waals surface area contributed by atoms with E-state index in [1.807, 2.05) is 27.2 Å². The number of aliphatic hydroxyl groups excluding tert-OH is 1. The maximum absolute atomic E-state index is 12.9. The van der Waals surface area contributed by atoms with Crippen LogP contribution in [0.25, 0.3) is 0 Å². The van der Waals surface area contributed by atoms with Crippen LogP contribution in [0, 0.1) is 0 Å². The average molecular weight is 872 g/mol. The van der Waals surface area contributed by atoms with Crippen LogP contribution < -0.4 is 5.32 Å². The van der Waals surface area contributed by atoms with Crippen LogP contribution in [0.5, 0.6) is 0 Å². The van der Waals surface area contributed by atoms with Crippen molar-refractivity contribution in [3.05, 3.63) is 12.2 Å². The number of amides is 1. The van der Waals surface area contributed by atoms with E-state index < -0.39 is 20.0 Å². The lowest BCUT2D eigenvalue weighted by Gasteiger charge is -2.25. The van der Waals surface area contributed by atoms with Crippen molar-refractivity contribution in [2.45, 2.75) is 270 Å². The summed E-state index contributed by atoms with van der Waals surface area (Å²) in [6.45, 7) is 4.84. The van der Waals surface area contributed by atoms with Gasteiger partial charge in [0, 0.05) is 6.42 Å². The number of carbonyl (C=O) groups is 1. The molecule has 9 heteroatoms. The number of unbranched alkanes of at least 4 members (excludes halogenated alkanes) is 35. The summed E-state index contributed by atoms with van der Waals surface area (Å²) in [7, 11) is 1.58. The van der Waals surface area contributed by atoms with E-state index in [-0.39, 0.29) is 19.1 Å². The van der Waals surface area contributed by atoms with Crippen LogP contribution in [0.4, 0.5) is 0 Å². The summed E-state index contributed by atoms with van der Waals surface area (Å²) in [5.74, 6) is -0.172. The lowest BCUT2D eigenvalue weighted by atomic mass is 10.0. The maximum Gasteiger partial charge on any atom is 0.472 e. The molecule has 3 atom stereocenters. The predicted octanol–water partition coefficient (Wildman–Crippen LogP) is 15.1. The van der Waals surface area contributed by atoms with Gasteiger partial charge in [0.25, 0.3) is 0 Å². The van der Waals surface area contributed by atoms with E-state index >= 15 is 0 Å². The number of rotatable bonds is 48. The molecule has 0 aliphatic rings. The third-order valence-electron chi connectivity index (χ3n) is 12.0. The van der Waals surface area contributed by atoms with E-state index in [0.717, 1.165) is 38.5 Å². The molecule has 1 unspecified atom stereocenters. The zero-order chi connectivity index (χ0) is 44.3. The minimum atomic E-state index is -4.33. The number of phosphoric ester groups is 1. The molecule has 0 aromatic rings. The van der Waals surface area contributed by atoms with Gasteiger partial charge in [-0.15, -0.1) is 0 Å². The molecule has 0 spiro atoms. The molecule has 0 aliphatic heterocycles. The van der Waals surface area contributed by atoms with Crippen molar-refractivity contribution >= 4 is 13.7 Å². The molecule has 0 bridgehead atoms. The van der Waals surface area contributed by atoms with Crippen molar-refractivity contribution in [3.8, 4) is 0 Å². The smallest absolute Gasteiger partial charge is 0.387 e. The lowest BCUT2D eigenvalue weighted by molar-refractivity contribution is -0.870. The van der Waals surface area contributed by atoms with Gasteiger partial charge < -0.3 is 19.8 Å². The van der Waals surface area contributed by atoms with Gasteiger partial charge in [0.15, 0.2) is 0 Å². The molecular formula is C51H104N2O6P+. The fraction of sp³-hybridized carbons (Fsp3) is 0.941. The summed E-state index contributed by atoms with van der Waals surface area (Å²) in [5.41, 5.74) is 0.